The molecule has 0 atom stereocenters. The van der Waals surface area contributed by atoms with Gasteiger partial charge in [0.1, 0.15) is 0 Å². The smallest absolute Gasteiger partial charge is 0.311 e. The first-order chi connectivity index (χ1) is 5.63. The van der Waals surface area contributed by atoms with Gasteiger partial charge in [0.05, 0.1) is 19.2 Å². The molecule has 0 unspecified atom stereocenters. The van der Waals surface area contributed by atoms with Crippen molar-refractivity contribution in [2.75, 3.05) is 7.11 Å². The molecule has 1 aromatic heterocycles. The fourth-order valence-electron chi connectivity index (χ4n) is 1.05. The Balaban J connectivity index is 2.75. The van der Waals surface area contributed by atoms with E-state index in [4.69, 9.17) is 0 Å². The average molecular weight is 168 g/mol. The van der Waals surface area contributed by atoms with Crippen LogP contribution in [0.25, 0.3) is 0 Å². The van der Waals surface area contributed by atoms with Crippen LogP contribution in [0.2, 0.25) is 0 Å². The van der Waals surface area contributed by atoms with Crippen LogP contribution in [0.3, 0.4) is 0 Å². The number of ether oxygens (including phenoxy) is 1. The highest BCUT2D eigenvalue weighted by Gasteiger charge is 2.07. The largest absolute Gasteiger partial charge is 0.469 e. The molecule has 1 rings (SSSR count). The lowest BCUT2D eigenvalue weighted by Gasteiger charge is -1.98. The summed E-state index contributed by atoms with van der Waals surface area (Å²) in [6.45, 7) is 1.89. The second kappa shape index (κ2) is 3.38. The molecule has 66 valence electrons. The summed E-state index contributed by atoms with van der Waals surface area (Å²) >= 11 is 0. The fraction of sp³-hybridized carbons (Fsp3) is 0.500. The highest BCUT2D eigenvalue weighted by atomic mass is 16.5. The molecule has 0 N–H and O–H groups in total. The molecule has 0 saturated carbocycles. The third-order valence-corrected chi connectivity index (χ3v) is 1.65. The van der Waals surface area contributed by atoms with Gasteiger partial charge in [0.25, 0.3) is 0 Å². The Bertz CT molecular complexity index is 291. The first-order valence-corrected chi connectivity index (χ1v) is 3.70. The number of nitrogens with zero attached hydrogens (tertiary/aromatic N) is 2. The van der Waals surface area contributed by atoms with Gasteiger partial charge in [-0.25, -0.2) is 0 Å². The van der Waals surface area contributed by atoms with Crippen LogP contribution < -0.4 is 0 Å². The summed E-state index contributed by atoms with van der Waals surface area (Å²) in [4.78, 5) is 10.9. The molecule has 1 heterocycles. The second-order valence-electron chi connectivity index (χ2n) is 2.65. The molecule has 1 aromatic rings. The van der Waals surface area contributed by atoms with E-state index in [1.165, 1.54) is 7.11 Å². The van der Waals surface area contributed by atoms with E-state index in [0.717, 1.165) is 11.4 Å². The molecule has 0 fully saturated rings. The van der Waals surface area contributed by atoms with Gasteiger partial charge in [0.15, 0.2) is 0 Å². The summed E-state index contributed by atoms with van der Waals surface area (Å²) in [5, 5.41) is 4.11. The first kappa shape index (κ1) is 8.77. The Hall–Kier alpha value is -1.32. The van der Waals surface area contributed by atoms with E-state index in [1.54, 1.807) is 4.68 Å². The van der Waals surface area contributed by atoms with E-state index < -0.39 is 0 Å². The van der Waals surface area contributed by atoms with Gasteiger partial charge >= 0.3 is 5.97 Å². The standard InChI is InChI=1S/C8H12N2O2/c1-6-4-7(10(2)9-6)5-8(11)12-3/h4H,5H2,1-3H3. The highest BCUT2D eigenvalue weighted by Crippen LogP contribution is 2.02. The Kier molecular flexibility index (Phi) is 2.47. The van der Waals surface area contributed by atoms with Gasteiger partial charge < -0.3 is 4.74 Å². The lowest BCUT2D eigenvalue weighted by atomic mass is 10.3. The lowest BCUT2D eigenvalue weighted by molar-refractivity contribution is -0.139. The fourth-order valence-corrected chi connectivity index (χ4v) is 1.05. The maximum Gasteiger partial charge on any atom is 0.311 e. The van der Waals surface area contributed by atoms with Crippen molar-refractivity contribution >= 4 is 5.97 Å². The first-order valence-electron chi connectivity index (χ1n) is 3.70. The molecule has 0 aliphatic rings. The van der Waals surface area contributed by atoms with Crippen LogP contribution >= 0.6 is 0 Å². The van der Waals surface area contributed by atoms with Gasteiger partial charge in [-0.3, -0.25) is 9.48 Å². The number of carbonyl (C=O) groups excluding carboxylic acids is 1. The lowest BCUT2D eigenvalue weighted by Crippen LogP contribution is -2.08. The SMILES string of the molecule is COC(=O)Cc1cc(C)nn1C. The Morgan fingerprint density at radius 2 is 2.42 bits per heavy atom. The summed E-state index contributed by atoms with van der Waals surface area (Å²) in [6, 6.07) is 1.87. The predicted octanol–water partition coefficient (Wildman–Crippen LogP) is 0.444. The van der Waals surface area contributed by atoms with Crippen molar-refractivity contribution < 1.29 is 9.53 Å². The molecule has 4 nitrogen and oxygen atoms in total. The van der Waals surface area contributed by atoms with Crippen molar-refractivity contribution in [3.05, 3.63) is 17.5 Å². The van der Waals surface area contributed by atoms with Gasteiger partial charge in [-0.2, -0.15) is 5.10 Å². The van der Waals surface area contributed by atoms with Crippen molar-refractivity contribution in [2.24, 2.45) is 7.05 Å². The van der Waals surface area contributed by atoms with E-state index in [9.17, 15) is 4.79 Å². The van der Waals surface area contributed by atoms with Crippen molar-refractivity contribution in [3.63, 3.8) is 0 Å². The summed E-state index contributed by atoms with van der Waals surface area (Å²) in [7, 11) is 3.19. The number of carbonyl (C=O) groups is 1. The van der Waals surface area contributed by atoms with Gasteiger partial charge in [-0.15, -0.1) is 0 Å². The van der Waals surface area contributed by atoms with Crippen molar-refractivity contribution in [1.82, 2.24) is 9.78 Å². The Morgan fingerprint density at radius 3 is 2.83 bits per heavy atom. The average Bonchev–Trinajstić information content (AvgIpc) is 2.30. The topological polar surface area (TPSA) is 44.1 Å². The zero-order chi connectivity index (χ0) is 9.14. The molecule has 0 radical (unpaired) electrons. The molecule has 0 amide bonds. The van der Waals surface area contributed by atoms with Crippen molar-refractivity contribution in [2.45, 2.75) is 13.3 Å². The number of aromatic nitrogens is 2. The molecule has 0 bridgehead atoms. The highest BCUT2D eigenvalue weighted by molar-refractivity contribution is 5.71. The Morgan fingerprint density at radius 1 is 1.75 bits per heavy atom. The van der Waals surface area contributed by atoms with Crippen LogP contribution in [-0.2, 0) is 23.0 Å². The maximum atomic E-state index is 10.9. The van der Waals surface area contributed by atoms with Gasteiger partial charge in [0.2, 0.25) is 0 Å². The Labute approximate surface area is 71.1 Å². The molecule has 0 aromatic carbocycles. The summed E-state index contributed by atoms with van der Waals surface area (Å²) < 4.78 is 6.23. The van der Waals surface area contributed by atoms with Gasteiger partial charge in [-0.1, -0.05) is 0 Å². The molecular formula is C8H12N2O2. The number of hydrogen-bond donors (Lipinski definition) is 0. The predicted molar refractivity (Wildman–Crippen MR) is 43.7 cm³/mol. The minimum absolute atomic E-state index is 0.238. The second-order valence-corrected chi connectivity index (χ2v) is 2.65. The molecule has 0 spiro atoms. The number of hydrogen-bond acceptors (Lipinski definition) is 3. The summed E-state index contributed by atoms with van der Waals surface area (Å²) in [6.07, 6.45) is 0.286. The third kappa shape index (κ3) is 1.84. The molecule has 12 heavy (non-hydrogen) atoms. The zero-order valence-electron chi connectivity index (χ0n) is 7.50. The molecule has 4 heteroatoms. The monoisotopic (exact) mass is 168 g/mol. The molecule has 0 aliphatic heterocycles. The van der Waals surface area contributed by atoms with Crippen LogP contribution in [-0.4, -0.2) is 22.9 Å². The van der Waals surface area contributed by atoms with Crippen LogP contribution in [0, 0.1) is 6.92 Å². The van der Waals surface area contributed by atoms with Crippen LogP contribution in [0.4, 0.5) is 0 Å². The number of aryl methyl sites for hydroxylation is 2. The van der Waals surface area contributed by atoms with E-state index in [2.05, 4.69) is 9.84 Å². The van der Waals surface area contributed by atoms with Gasteiger partial charge in [0, 0.05) is 12.7 Å². The van der Waals surface area contributed by atoms with E-state index in [0.29, 0.717) is 0 Å². The molecule has 0 aliphatic carbocycles. The maximum absolute atomic E-state index is 10.9. The number of rotatable bonds is 2. The van der Waals surface area contributed by atoms with Gasteiger partial charge in [-0.05, 0) is 13.0 Å². The normalized spacial score (nSPS) is 9.92. The number of methoxy groups -OCH3 is 1. The van der Waals surface area contributed by atoms with Crippen LogP contribution in [0.1, 0.15) is 11.4 Å². The third-order valence-electron chi connectivity index (χ3n) is 1.65. The minimum atomic E-state index is -0.238. The quantitative estimate of drug-likeness (QED) is 0.602. The van der Waals surface area contributed by atoms with Crippen molar-refractivity contribution in [1.29, 1.82) is 0 Å². The molecule has 0 saturated heterocycles. The van der Waals surface area contributed by atoms with E-state index in [-0.39, 0.29) is 12.4 Å². The summed E-state index contributed by atoms with van der Waals surface area (Å²) in [5.41, 5.74) is 1.79. The minimum Gasteiger partial charge on any atom is -0.469 e. The van der Waals surface area contributed by atoms with E-state index in [1.807, 2.05) is 20.0 Å². The van der Waals surface area contributed by atoms with Crippen LogP contribution in [0.5, 0.6) is 0 Å². The van der Waals surface area contributed by atoms with Crippen molar-refractivity contribution in [3.8, 4) is 0 Å². The number of esters is 1. The van der Waals surface area contributed by atoms with E-state index >= 15 is 0 Å². The van der Waals surface area contributed by atoms with Crippen LogP contribution in [0.15, 0.2) is 6.07 Å². The zero-order valence-corrected chi connectivity index (χ0v) is 7.50. The molecular weight excluding hydrogens is 156 g/mol. The summed E-state index contributed by atoms with van der Waals surface area (Å²) in [5.74, 6) is -0.238.